The quantitative estimate of drug-likeness (QED) is 0.526. The number of halogens is 5. The van der Waals surface area contributed by atoms with E-state index in [1.54, 1.807) is 0 Å². The average Bonchev–Trinajstić information content (AvgIpc) is 2.39. The molecule has 0 saturated carbocycles. The number of hydrogen-bond acceptors (Lipinski definition) is 1. The maximum Gasteiger partial charge on any atom is 0.143 e. The van der Waals surface area contributed by atoms with Crippen molar-refractivity contribution >= 4 is 38.5 Å². The molecule has 0 aliphatic heterocycles. The molecular weight excluding hydrogens is 446 g/mol. The predicted molar refractivity (Wildman–Crippen MR) is 83.8 cm³/mol. The summed E-state index contributed by atoms with van der Waals surface area (Å²) in [5.41, 5.74) is 6.57. The summed E-state index contributed by atoms with van der Waals surface area (Å²) in [5, 5.41) is 0. The lowest BCUT2D eigenvalue weighted by atomic mass is 9.99. The zero-order chi connectivity index (χ0) is 14.9. The second-order valence-corrected chi connectivity index (χ2v) is 6.31. The fourth-order valence-corrected chi connectivity index (χ4v) is 3.14. The number of rotatable bonds is 3. The summed E-state index contributed by atoms with van der Waals surface area (Å²) >= 11 is 4.97. The summed E-state index contributed by atoms with van der Waals surface area (Å²) in [6.45, 7) is 0. The maximum absolute atomic E-state index is 13.9. The van der Waals surface area contributed by atoms with Crippen molar-refractivity contribution in [2.45, 2.75) is 12.5 Å². The first-order chi connectivity index (χ1) is 9.40. The van der Waals surface area contributed by atoms with Gasteiger partial charge in [-0.15, -0.1) is 0 Å². The van der Waals surface area contributed by atoms with E-state index in [0.717, 1.165) is 0 Å². The van der Waals surface area contributed by atoms with Gasteiger partial charge in [-0.25, -0.2) is 13.2 Å². The minimum atomic E-state index is -0.655. The molecule has 0 radical (unpaired) electrons. The SMILES string of the molecule is NC(Cc1c(F)ccc(Br)c1F)c1ccc(F)cc1I. The third-order valence-electron chi connectivity index (χ3n) is 2.92. The van der Waals surface area contributed by atoms with Crippen LogP contribution in [-0.2, 0) is 6.42 Å². The predicted octanol–water partition coefficient (Wildman–Crippen LogP) is 4.71. The summed E-state index contributed by atoms with van der Waals surface area (Å²) in [4.78, 5) is 0. The molecule has 0 aliphatic rings. The lowest BCUT2D eigenvalue weighted by molar-refractivity contribution is 0.535. The largest absolute Gasteiger partial charge is 0.324 e. The van der Waals surface area contributed by atoms with Gasteiger partial charge < -0.3 is 5.73 Å². The van der Waals surface area contributed by atoms with Crippen molar-refractivity contribution in [2.24, 2.45) is 5.73 Å². The molecule has 0 bridgehead atoms. The van der Waals surface area contributed by atoms with E-state index in [4.69, 9.17) is 5.73 Å². The van der Waals surface area contributed by atoms with Crippen LogP contribution in [0.2, 0.25) is 0 Å². The minimum absolute atomic E-state index is 0.00125. The molecule has 1 atom stereocenters. The Kier molecular flexibility index (Phi) is 5.09. The van der Waals surface area contributed by atoms with Gasteiger partial charge >= 0.3 is 0 Å². The van der Waals surface area contributed by atoms with Gasteiger partial charge in [-0.05, 0) is 74.8 Å². The molecule has 1 nitrogen and oxygen atoms in total. The molecule has 0 heterocycles. The topological polar surface area (TPSA) is 26.0 Å². The van der Waals surface area contributed by atoms with Crippen LogP contribution in [0.1, 0.15) is 17.2 Å². The van der Waals surface area contributed by atoms with Crippen molar-refractivity contribution in [2.75, 3.05) is 0 Å². The van der Waals surface area contributed by atoms with Gasteiger partial charge in [-0.1, -0.05) is 6.07 Å². The molecule has 0 aromatic heterocycles. The molecule has 2 aromatic carbocycles. The zero-order valence-corrected chi connectivity index (χ0v) is 13.9. The van der Waals surface area contributed by atoms with Gasteiger partial charge in [0.1, 0.15) is 17.5 Å². The van der Waals surface area contributed by atoms with E-state index in [0.29, 0.717) is 9.13 Å². The fourth-order valence-electron chi connectivity index (χ4n) is 1.89. The number of hydrogen-bond donors (Lipinski definition) is 1. The molecule has 2 rings (SSSR count). The number of benzene rings is 2. The molecule has 0 amide bonds. The Morgan fingerprint density at radius 2 is 1.85 bits per heavy atom. The summed E-state index contributed by atoms with van der Waals surface area (Å²) in [5.74, 6) is -1.67. The highest BCUT2D eigenvalue weighted by Crippen LogP contribution is 2.27. The van der Waals surface area contributed by atoms with E-state index in [-0.39, 0.29) is 22.3 Å². The zero-order valence-electron chi connectivity index (χ0n) is 10.1. The van der Waals surface area contributed by atoms with Gasteiger partial charge in [-0.3, -0.25) is 0 Å². The Hall–Kier alpha value is -0.600. The Morgan fingerprint density at radius 1 is 1.15 bits per heavy atom. The lowest BCUT2D eigenvalue weighted by Crippen LogP contribution is -2.16. The van der Waals surface area contributed by atoms with Crippen molar-refractivity contribution in [3.8, 4) is 0 Å². The third kappa shape index (κ3) is 3.35. The van der Waals surface area contributed by atoms with Crippen LogP contribution in [0.15, 0.2) is 34.8 Å². The Balaban J connectivity index is 2.32. The Labute approximate surface area is 136 Å². The molecule has 6 heteroatoms. The summed E-state index contributed by atoms with van der Waals surface area (Å²) < 4.78 is 41.5. The van der Waals surface area contributed by atoms with Gasteiger partial charge in [0.25, 0.3) is 0 Å². The van der Waals surface area contributed by atoms with Crippen molar-refractivity contribution in [3.63, 3.8) is 0 Å². The van der Waals surface area contributed by atoms with Gasteiger partial charge in [0.15, 0.2) is 0 Å². The van der Waals surface area contributed by atoms with Crippen LogP contribution in [0.3, 0.4) is 0 Å². The van der Waals surface area contributed by atoms with E-state index in [2.05, 4.69) is 15.9 Å². The van der Waals surface area contributed by atoms with Crippen LogP contribution in [0.5, 0.6) is 0 Å². The standard InChI is InChI=1S/C14H10BrF3IN/c15-10-3-4-11(17)9(14(10)18)6-13(20)8-2-1-7(16)5-12(8)19/h1-5,13H,6,20H2. The van der Waals surface area contributed by atoms with Crippen molar-refractivity contribution < 1.29 is 13.2 Å². The molecule has 0 saturated heterocycles. The van der Waals surface area contributed by atoms with Crippen molar-refractivity contribution in [1.29, 1.82) is 0 Å². The number of nitrogens with two attached hydrogens (primary N) is 1. The highest BCUT2D eigenvalue weighted by atomic mass is 127. The van der Waals surface area contributed by atoms with Crippen LogP contribution in [-0.4, -0.2) is 0 Å². The molecule has 2 aromatic rings. The summed E-state index contributed by atoms with van der Waals surface area (Å²) in [6.07, 6.45) is -0.00125. The molecule has 106 valence electrons. The molecule has 2 N–H and O–H groups in total. The smallest absolute Gasteiger partial charge is 0.143 e. The summed E-state index contributed by atoms with van der Waals surface area (Å²) in [7, 11) is 0. The average molecular weight is 456 g/mol. The van der Waals surface area contributed by atoms with Crippen molar-refractivity contribution in [3.05, 3.63) is 67.0 Å². The fraction of sp³-hybridized carbons (Fsp3) is 0.143. The second-order valence-electron chi connectivity index (χ2n) is 4.30. The monoisotopic (exact) mass is 455 g/mol. The highest BCUT2D eigenvalue weighted by Gasteiger charge is 2.18. The van der Waals surface area contributed by atoms with E-state index in [1.165, 1.54) is 30.3 Å². The molecule has 0 fully saturated rings. The minimum Gasteiger partial charge on any atom is -0.324 e. The first kappa shape index (κ1) is 15.8. The van der Waals surface area contributed by atoms with E-state index < -0.39 is 17.7 Å². The molecule has 0 aliphatic carbocycles. The normalized spacial score (nSPS) is 12.5. The first-order valence-electron chi connectivity index (χ1n) is 5.73. The van der Waals surface area contributed by atoms with Gasteiger partial charge in [-0.2, -0.15) is 0 Å². The van der Waals surface area contributed by atoms with Gasteiger partial charge in [0.05, 0.1) is 4.47 Å². The van der Waals surface area contributed by atoms with E-state index in [1.807, 2.05) is 22.6 Å². The molecule has 1 unspecified atom stereocenters. The third-order valence-corrected chi connectivity index (χ3v) is 4.47. The highest BCUT2D eigenvalue weighted by molar-refractivity contribution is 14.1. The first-order valence-corrected chi connectivity index (χ1v) is 7.60. The van der Waals surface area contributed by atoms with Crippen LogP contribution in [0.25, 0.3) is 0 Å². The lowest BCUT2D eigenvalue weighted by Gasteiger charge is -2.15. The maximum atomic E-state index is 13.9. The summed E-state index contributed by atoms with van der Waals surface area (Å²) in [6, 6.07) is 6.04. The van der Waals surface area contributed by atoms with Crippen molar-refractivity contribution in [1.82, 2.24) is 0 Å². The van der Waals surface area contributed by atoms with Crippen LogP contribution >= 0.6 is 38.5 Å². The molecule has 20 heavy (non-hydrogen) atoms. The van der Waals surface area contributed by atoms with Crippen LogP contribution in [0, 0.1) is 21.0 Å². The van der Waals surface area contributed by atoms with E-state index in [9.17, 15) is 13.2 Å². The van der Waals surface area contributed by atoms with Gasteiger partial charge in [0, 0.05) is 15.2 Å². The van der Waals surface area contributed by atoms with Crippen LogP contribution < -0.4 is 5.73 Å². The second kappa shape index (κ2) is 6.44. The van der Waals surface area contributed by atoms with Gasteiger partial charge in [0.2, 0.25) is 0 Å². The molecule has 0 spiro atoms. The Morgan fingerprint density at radius 3 is 2.50 bits per heavy atom. The molecular formula is C14H10BrF3IN. The van der Waals surface area contributed by atoms with E-state index >= 15 is 0 Å². The van der Waals surface area contributed by atoms with Crippen LogP contribution in [0.4, 0.5) is 13.2 Å². The Bertz CT molecular complexity index is 649.